The number of aliphatic imine (C=N–C) groups is 1. The number of hydrogen-bond acceptors (Lipinski definition) is 5. The van der Waals surface area contributed by atoms with E-state index in [1.165, 1.54) is 18.4 Å². The summed E-state index contributed by atoms with van der Waals surface area (Å²) in [6.07, 6.45) is 0. The highest BCUT2D eigenvalue weighted by Gasteiger charge is 2.40. The van der Waals surface area contributed by atoms with E-state index in [1.54, 1.807) is 45.2 Å². The second kappa shape index (κ2) is 9.26. The Balaban J connectivity index is 0.00000392. The number of sulfonamides is 1. The van der Waals surface area contributed by atoms with Crippen molar-refractivity contribution >= 4 is 49.8 Å². The van der Waals surface area contributed by atoms with Crippen molar-refractivity contribution in [2.75, 3.05) is 40.0 Å². The van der Waals surface area contributed by atoms with Crippen LogP contribution in [0.5, 0.6) is 0 Å². The van der Waals surface area contributed by atoms with E-state index < -0.39 is 24.6 Å². The lowest BCUT2D eigenvalue weighted by atomic mass is 10.2. The monoisotopic (exact) mass is 544 g/mol. The Morgan fingerprint density at radius 1 is 1.25 bits per heavy atom. The zero-order chi connectivity index (χ0) is 20.5. The molecule has 2 rings (SSSR count). The summed E-state index contributed by atoms with van der Waals surface area (Å²) < 4.78 is 48.9. The summed E-state index contributed by atoms with van der Waals surface area (Å²) in [5.74, 6) is 0.723. The summed E-state index contributed by atoms with van der Waals surface area (Å²) in [5, 5.41) is 3.22. The first-order valence-electron chi connectivity index (χ1n) is 8.60. The van der Waals surface area contributed by atoms with Gasteiger partial charge in [0.2, 0.25) is 10.0 Å². The van der Waals surface area contributed by atoms with Crippen LogP contribution in [0.15, 0.2) is 34.2 Å². The molecule has 0 radical (unpaired) electrons. The lowest BCUT2D eigenvalue weighted by Crippen LogP contribution is -2.57. The molecule has 1 fully saturated rings. The van der Waals surface area contributed by atoms with Gasteiger partial charge in [-0.15, -0.1) is 24.0 Å². The summed E-state index contributed by atoms with van der Waals surface area (Å²) in [5.41, 5.74) is 0.901. The Morgan fingerprint density at radius 3 is 2.29 bits per heavy atom. The molecule has 1 aromatic rings. The Hall–Kier alpha value is -0.920. The summed E-state index contributed by atoms with van der Waals surface area (Å²) >= 11 is 0. The summed E-state index contributed by atoms with van der Waals surface area (Å²) in [6, 6.07) is 6.65. The van der Waals surface area contributed by atoms with Gasteiger partial charge in [-0.1, -0.05) is 12.1 Å². The standard InChI is InChI=1S/C17H28N4O4S2.HI/c1-17(2)13-21(10-11-26(17,22)23)16(18-3)19-12-14-6-8-15(9-7-14)27(24,25)20(4)5;/h6-9H,10-13H2,1-5H3,(H,18,19);1H. The van der Waals surface area contributed by atoms with Gasteiger partial charge in [-0.2, -0.15) is 0 Å². The second-order valence-electron chi connectivity index (χ2n) is 7.33. The summed E-state index contributed by atoms with van der Waals surface area (Å²) in [7, 11) is -1.91. The predicted molar refractivity (Wildman–Crippen MR) is 122 cm³/mol. The molecule has 1 N–H and O–H groups in total. The van der Waals surface area contributed by atoms with Gasteiger partial charge >= 0.3 is 0 Å². The average Bonchev–Trinajstić information content (AvgIpc) is 2.58. The molecular formula is C17H29IN4O4S2. The maximum Gasteiger partial charge on any atom is 0.242 e. The largest absolute Gasteiger partial charge is 0.352 e. The number of guanidine groups is 1. The van der Waals surface area contributed by atoms with Crippen LogP contribution in [0.4, 0.5) is 0 Å². The van der Waals surface area contributed by atoms with Crippen LogP contribution in [-0.4, -0.2) is 76.7 Å². The Kier molecular flexibility index (Phi) is 8.31. The van der Waals surface area contributed by atoms with E-state index in [0.29, 0.717) is 25.6 Å². The minimum Gasteiger partial charge on any atom is -0.352 e. The number of rotatable bonds is 4. The first-order chi connectivity index (χ1) is 12.4. The highest BCUT2D eigenvalue weighted by atomic mass is 127. The van der Waals surface area contributed by atoms with Crippen LogP contribution in [0, 0.1) is 0 Å². The summed E-state index contributed by atoms with van der Waals surface area (Å²) in [4.78, 5) is 6.43. The van der Waals surface area contributed by atoms with Gasteiger partial charge in [0.25, 0.3) is 0 Å². The lowest BCUT2D eigenvalue weighted by molar-refractivity contribution is 0.353. The molecule has 0 unspecified atom stereocenters. The first-order valence-corrected chi connectivity index (χ1v) is 11.7. The molecule has 0 saturated carbocycles. The van der Waals surface area contributed by atoms with Crippen molar-refractivity contribution < 1.29 is 16.8 Å². The Morgan fingerprint density at radius 2 is 1.82 bits per heavy atom. The molecule has 160 valence electrons. The van der Waals surface area contributed by atoms with E-state index in [2.05, 4.69) is 10.3 Å². The van der Waals surface area contributed by atoms with E-state index in [0.717, 1.165) is 5.56 Å². The number of hydrogen-bond donors (Lipinski definition) is 1. The van der Waals surface area contributed by atoms with Gasteiger partial charge < -0.3 is 10.2 Å². The molecule has 1 aromatic carbocycles. The SMILES string of the molecule is CN=C(NCc1ccc(S(=O)(=O)N(C)C)cc1)N1CCS(=O)(=O)C(C)(C)C1.I. The third kappa shape index (κ3) is 5.36. The zero-order valence-electron chi connectivity index (χ0n) is 16.8. The molecule has 11 heteroatoms. The minimum atomic E-state index is -3.45. The summed E-state index contributed by atoms with van der Waals surface area (Å²) in [6.45, 7) is 4.68. The minimum absolute atomic E-state index is 0. The van der Waals surface area contributed by atoms with E-state index in [1.807, 2.05) is 4.90 Å². The third-order valence-corrected chi connectivity index (χ3v) is 9.07. The van der Waals surface area contributed by atoms with Gasteiger partial charge in [0.05, 0.1) is 15.4 Å². The maximum atomic E-state index is 12.2. The molecule has 0 atom stereocenters. The molecule has 0 spiro atoms. The molecule has 8 nitrogen and oxygen atoms in total. The molecular weight excluding hydrogens is 515 g/mol. The molecule has 0 aliphatic carbocycles. The van der Waals surface area contributed by atoms with E-state index in [9.17, 15) is 16.8 Å². The van der Waals surface area contributed by atoms with Crippen LogP contribution in [0.2, 0.25) is 0 Å². The van der Waals surface area contributed by atoms with E-state index in [4.69, 9.17) is 0 Å². The molecule has 1 aliphatic rings. The van der Waals surface area contributed by atoms with Crippen LogP contribution in [0.1, 0.15) is 19.4 Å². The molecule has 0 aromatic heterocycles. The molecule has 1 heterocycles. The Bertz CT molecular complexity index is 911. The van der Waals surface area contributed by atoms with Crippen LogP contribution in [-0.2, 0) is 26.4 Å². The van der Waals surface area contributed by atoms with Crippen LogP contribution in [0.25, 0.3) is 0 Å². The third-order valence-electron chi connectivity index (χ3n) is 4.71. The van der Waals surface area contributed by atoms with Crippen LogP contribution in [0.3, 0.4) is 0 Å². The highest BCUT2D eigenvalue weighted by Crippen LogP contribution is 2.23. The fourth-order valence-corrected chi connectivity index (χ4v) is 5.10. The van der Waals surface area contributed by atoms with Gasteiger partial charge in [-0.05, 0) is 31.5 Å². The molecule has 0 bridgehead atoms. The predicted octanol–water partition coefficient (Wildman–Crippen LogP) is 1.14. The van der Waals surface area contributed by atoms with Gasteiger partial charge in [-0.25, -0.2) is 21.1 Å². The smallest absolute Gasteiger partial charge is 0.242 e. The van der Waals surface area contributed by atoms with E-state index >= 15 is 0 Å². The number of nitrogens with one attached hydrogen (secondary N) is 1. The quantitative estimate of drug-likeness (QED) is 0.347. The number of nitrogens with zero attached hydrogens (tertiary/aromatic N) is 3. The second-order valence-corrected chi connectivity index (χ2v) is 12.2. The Labute approximate surface area is 185 Å². The van der Waals surface area contributed by atoms with Crippen molar-refractivity contribution in [1.29, 1.82) is 0 Å². The molecule has 1 aliphatic heterocycles. The molecule has 28 heavy (non-hydrogen) atoms. The van der Waals surface area contributed by atoms with Crippen LogP contribution >= 0.6 is 24.0 Å². The fraction of sp³-hybridized carbons (Fsp3) is 0.588. The van der Waals surface area contributed by atoms with Crippen molar-refractivity contribution in [1.82, 2.24) is 14.5 Å². The van der Waals surface area contributed by atoms with Gasteiger partial charge in [0.1, 0.15) is 0 Å². The van der Waals surface area contributed by atoms with Gasteiger partial charge in [-0.3, -0.25) is 4.99 Å². The van der Waals surface area contributed by atoms with Crippen LogP contribution < -0.4 is 5.32 Å². The fourth-order valence-electron chi connectivity index (χ4n) is 2.83. The highest BCUT2D eigenvalue weighted by molar-refractivity contribution is 14.0. The first kappa shape index (κ1) is 25.1. The zero-order valence-corrected chi connectivity index (χ0v) is 20.8. The van der Waals surface area contributed by atoms with Crippen molar-refractivity contribution in [3.8, 4) is 0 Å². The maximum absolute atomic E-state index is 12.2. The topological polar surface area (TPSA) is 99.2 Å². The lowest BCUT2D eigenvalue weighted by Gasteiger charge is -2.39. The van der Waals surface area contributed by atoms with Crippen molar-refractivity contribution in [3.63, 3.8) is 0 Å². The van der Waals surface area contributed by atoms with Crippen molar-refractivity contribution in [3.05, 3.63) is 29.8 Å². The van der Waals surface area contributed by atoms with Gasteiger partial charge in [0, 0.05) is 40.8 Å². The molecule has 1 saturated heterocycles. The average molecular weight is 544 g/mol. The normalized spacial score (nSPS) is 19.2. The number of sulfone groups is 1. The number of halogens is 1. The molecule has 0 amide bonds. The van der Waals surface area contributed by atoms with Gasteiger partial charge in [0.15, 0.2) is 15.8 Å². The van der Waals surface area contributed by atoms with Crippen molar-refractivity contribution in [2.24, 2.45) is 4.99 Å². The number of benzene rings is 1. The van der Waals surface area contributed by atoms with E-state index in [-0.39, 0.29) is 34.6 Å². The van der Waals surface area contributed by atoms with Crippen molar-refractivity contribution in [2.45, 2.75) is 30.0 Å².